The third kappa shape index (κ3) is 5.46. The number of hydrogen-bond acceptors (Lipinski definition) is 7. The molecule has 5 rings (SSSR count). The van der Waals surface area contributed by atoms with Crippen LogP contribution >= 0.6 is 11.6 Å². The molecule has 5 N–H and O–H groups in total. The van der Waals surface area contributed by atoms with Gasteiger partial charge < -0.3 is 30.5 Å². The fourth-order valence-electron chi connectivity index (χ4n) is 5.82. The van der Waals surface area contributed by atoms with Crippen molar-refractivity contribution in [3.05, 3.63) is 0 Å². The van der Waals surface area contributed by atoms with E-state index in [2.05, 4.69) is 21.3 Å². The Labute approximate surface area is 198 Å². The molecule has 11 heteroatoms. The number of halogens is 2. The molecule has 6 unspecified atom stereocenters. The normalized spacial score (nSPS) is 43.2. The highest BCUT2D eigenvalue weighted by molar-refractivity contribution is 6.21. The number of fused-ring (bicyclic) bond motifs is 3. The molecule has 1 aliphatic heterocycles. The molecule has 33 heavy (non-hydrogen) atoms. The van der Waals surface area contributed by atoms with Crippen molar-refractivity contribution < 1.29 is 28.6 Å². The second kappa shape index (κ2) is 10.3. The molecule has 1 heterocycles. The summed E-state index contributed by atoms with van der Waals surface area (Å²) in [4.78, 5) is 25.6. The summed E-state index contributed by atoms with van der Waals surface area (Å²) >= 11 is 5.91. The lowest BCUT2D eigenvalue weighted by molar-refractivity contribution is -0.142. The highest BCUT2D eigenvalue weighted by Gasteiger charge is 2.55. The summed E-state index contributed by atoms with van der Waals surface area (Å²) in [6.07, 6.45) is 1.58. The number of methoxy groups -OCH3 is 1. The fraction of sp³-hybridized carbons (Fsp3) is 0.909. The smallest absolute Gasteiger partial charge is 0.246 e. The first-order valence-corrected chi connectivity index (χ1v) is 12.4. The maximum absolute atomic E-state index is 13.8. The van der Waals surface area contributed by atoms with Gasteiger partial charge in [-0.25, -0.2) is 4.39 Å². The Kier molecular flexibility index (Phi) is 7.82. The monoisotopic (exact) mass is 490 g/mol. The fourth-order valence-corrected chi connectivity index (χ4v) is 6.05. The molecule has 0 aromatic rings. The van der Waals surface area contributed by atoms with Crippen LogP contribution in [-0.2, 0) is 19.1 Å². The van der Waals surface area contributed by atoms with Crippen molar-refractivity contribution in [2.75, 3.05) is 26.8 Å². The Morgan fingerprint density at radius 2 is 1.88 bits per heavy atom. The van der Waals surface area contributed by atoms with Crippen LogP contribution in [0.2, 0.25) is 0 Å². The minimum absolute atomic E-state index is 0.147. The average molecular weight is 491 g/mol. The molecule has 6 atom stereocenters. The average Bonchev–Trinajstić information content (AvgIpc) is 2.81. The van der Waals surface area contributed by atoms with Gasteiger partial charge in [0.1, 0.15) is 25.0 Å². The molecule has 188 valence electrons. The number of piperazine rings is 1. The number of rotatable bonds is 7. The molecule has 0 aromatic heterocycles. The van der Waals surface area contributed by atoms with Crippen molar-refractivity contribution in [3.63, 3.8) is 0 Å². The Hall–Kier alpha value is -1.04. The molecule has 0 spiro atoms. The molecule has 1 saturated heterocycles. The molecule has 5 aliphatic rings. The lowest BCUT2D eigenvalue weighted by atomic mass is 9.59. The van der Waals surface area contributed by atoms with Crippen LogP contribution in [0.4, 0.5) is 4.39 Å². The molecule has 2 bridgehead atoms. The minimum Gasteiger partial charge on any atom is -0.391 e. The van der Waals surface area contributed by atoms with Crippen molar-refractivity contribution in [2.45, 2.75) is 98.5 Å². The zero-order chi connectivity index (χ0) is 23.6. The second-order valence-corrected chi connectivity index (χ2v) is 10.6. The molecule has 0 radical (unpaired) electrons. The number of nitrogens with one attached hydrogen (secondary N) is 4. The van der Waals surface area contributed by atoms with E-state index in [9.17, 15) is 19.1 Å². The number of hydrogen-bond donors (Lipinski definition) is 5. The van der Waals surface area contributed by atoms with E-state index in [-0.39, 0.29) is 30.9 Å². The molecule has 4 aliphatic carbocycles. The summed E-state index contributed by atoms with van der Waals surface area (Å²) in [5.74, 6) is -0.456. The predicted molar refractivity (Wildman–Crippen MR) is 120 cm³/mol. The number of carbonyl (C=O) groups excluding carboxylic acids is 2. The first-order chi connectivity index (χ1) is 15.8. The van der Waals surface area contributed by atoms with Crippen LogP contribution in [-0.4, -0.2) is 90.8 Å². The van der Waals surface area contributed by atoms with Gasteiger partial charge in [0.05, 0.1) is 23.1 Å². The third-order valence-electron chi connectivity index (χ3n) is 7.87. The number of aliphatic hydroxyl groups excluding tert-OH is 1. The summed E-state index contributed by atoms with van der Waals surface area (Å²) in [7, 11) is 1.56. The molecule has 2 amide bonds. The summed E-state index contributed by atoms with van der Waals surface area (Å²) in [5.41, 5.74) is -1.21. The van der Waals surface area contributed by atoms with Gasteiger partial charge in [0.2, 0.25) is 11.8 Å². The summed E-state index contributed by atoms with van der Waals surface area (Å²) in [6, 6.07) is -0.501. The lowest BCUT2D eigenvalue weighted by Crippen LogP contribution is -2.72. The van der Waals surface area contributed by atoms with E-state index in [1.807, 2.05) is 0 Å². The topological polar surface area (TPSA) is 121 Å². The van der Waals surface area contributed by atoms with Crippen molar-refractivity contribution in [1.29, 1.82) is 0 Å². The van der Waals surface area contributed by atoms with E-state index in [1.165, 1.54) is 0 Å². The molecular formula is C22H36ClFN4O5. The van der Waals surface area contributed by atoms with Gasteiger partial charge in [0, 0.05) is 32.2 Å². The van der Waals surface area contributed by atoms with Gasteiger partial charge in [-0.3, -0.25) is 14.9 Å². The standard InChI is InChI=1S/C22H36ClFN4O5/c1-32-20-18(25-8-9-26-20)19(31)28-21-4-6-22(7-5-21,16(29)11-21)27-17(30)12-33-13-2-3-14(23)15(24)10-13/h13-16,18,20,25-26,29H,2-12H2,1H3,(H,27,30)(H,28,31). The van der Waals surface area contributed by atoms with Crippen LogP contribution in [0.15, 0.2) is 0 Å². The first kappa shape index (κ1) is 25.1. The Morgan fingerprint density at radius 3 is 2.55 bits per heavy atom. The van der Waals surface area contributed by atoms with Crippen LogP contribution in [0.3, 0.4) is 0 Å². The summed E-state index contributed by atoms with van der Waals surface area (Å²) in [6.45, 7) is 1.23. The molecular weight excluding hydrogens is 455 g/mol. The Balaban J connectivity index is 1.28. The van der Waals surface area contributed by atoms with Crippen molar-refractivity contribution >= 4 is 23.4 Å². The quantitative estimate of drug-likeness (QED) is 0.320. The summed E-state index contributed by atoms with van der Waals surface area (Å²) in [5, 5.41) is 23.0. The molecule has 0 aromatic carbocycles. The van der Waals surface area contributed by atoms with Crippen molar-refractivity contribution in [3.8, 4) is 0 Å². The van der Waals surface area contributed by atoms with Crippen molar-refractivity contribution in [2.24, 2.45) is 0 Å². The number of aliphatic hydroxyl groups is 1. The van der Waals surface area contributed by atoms with Gasteiger partial charge in [-0.15, -0.1) is 11.6 Å². The van der Waals surface area contributed by atoms with Gasteiger partial charge in [0.15, 0.2) is 0 Å². The molecule has 9 nitrogen and oxygen atoms in total. The Bertz CT molecular complexity index is 723. The molecule has 5 fully saturated rings. The van der Waals surface area contributed by atoms with Crippen LogP contribution in [0.5, 0.6) is 0 Å². The van der Waals surface area contributed by atoms with Crippen LogP contribution in [0, 0.1) is 0 Å². The Morgan fingerprint density at radius 1 is 1.15 bits per heavy atom. The maximum atomic E-state index is 13.8. The van der Waals surface area contributed by atoms with Gasteiger partial charge >= 0.3 is 0 Å². The third-order valence-corrected chi connectivity index (χ3v) is 8.36. The largest absolute Gasteiger partial charge is 0.391 e. The van der Waals surface area contributed by atoms with E-state index in [0.717, 1.165) is 6.54 Å². The highest BCUT2D eigenvalue weighted by atomic mass is 35.5. The van der Waals surface area contributed by atoms with E-state index in [1.54, 1.807) is 7.11 Å². The van der Waals surface area contributed by atoms with Gasteiger partial charge in [0.25, 0.3) is 0 Å². The van der Waals surface area contributed by atoms with Crippen molar-refractivity contribution in [1.82, 2.24) is 21.3 Å². The predicted octanol–water partition coefficient (Wildman–Crippen LogP) is 0.0835. The van der Waals surface area contributed by atoms with Crippen LogP contribution < -0.4 is 21.3 Å². The second-order valence-electron chi connectivity index (χ2n) is 10.0. The number of alkyl halides is 2. The summed E-state index contributed by atoms with van der Waals surface area (Å²) < 4.78 is 24.8. The van der Waals surface area contributed by atoms with Gasteiger partial charge in [-0.05, 0) is 44.9 Å². The van der Waals surface area contributed by atoms with E-state index >= 15 is 0 Å². The van der Waals surface area contributed by atoms with Crippen LogP contribution in [0.25, 0.3) is 0 Å². The van der Waals surface area contributed by atoms with E-state index in [4.69, 9.17) is 21.1 Å². The number of amides is 2. The minimum atomic E-state index is -1.12. The van der Waals surface area contributed by atoms with Gasteiger partial charge in [-0.1, -0.05) is 0 Å². The lowest BCUT2D eigenvalue weighted by Gasteiger charge is -2.56. The maximum Gasteiger partial charge on any atom is 0.246 e. The SMILES string of the molecule is COC1NCCNC1C(=O)NC12CCC(NC(=O)COC3CCC(Cl)C(F)C3)(CC1)C(O)C2. The molecule has 4 saturated carbocycles. The zero-order valence-corrected chi connectivity index (χ0v) is 19.8. The van der Waals surface area contributed by atoms with E-state index in [0.29, 0.717) is 51.5 Å². The van der Waals surface area contributed by atoms with Crippen LogP contribution in [0.1, 0.15) is 51.4 Å². The number of ether oxygens (including phenoxy) is 2. The van der Waals surface area contributed by atoms with Gasteiger partial charge in [-0.2, -0.15) is 0 Å². The number of carbonyl (C=O) groups is 2. The highest BCUT2D eigenvalue weighted by Crippen LogP contribution is 2.47. The zero-order valence-electron chi connectivity index (χ0n) is 19.1. The first-order valence-electron chi connectivity index (χ1n) is 12.0. The van der Waals surface area contributed by atoms with E-state index < -0.39 is 41.0 Å².